The highest BCUT2D eigenvalue weighted by molar-refractivity contribution is 14.1. The summed E-state index contributed by atoms with van der Waals surface area (Å²) in [6, 6.07) is 4.73. The van der Waals surface area contributed by atoms with E-state index in [0.717, 1.165) is 9.13 Å². The number of primary amides is 1. The van der Waals surface area contributed by atoms with Crippen molar-refractivity contribution in [1.82, 2.24) is 5.43 Å². The van der Waals surface area contributed by atoms with Gasteiger partial charge in [0.05, 0.1) is 6.21 Å². The predicted molar refractivity (Wildman–Crippen MR) is 64.5 cm³/mol. The minimum atomic E-state index is -0.696. The first kappa shape index (κ1) is 11.3. The Morgan fingerprint density at radius 2 is 2.29 bits per heavy atom. The maximum atomic E-state index is 10.3. The lowest BCUT2D eigenvalue weighted by Gasteiger charge is -1.96. The number of hydrogen-bond donors (Lipinski definition) is 2. The van der Waals surface area contributed by atoms with Gasteiger partial charge in [-0.15, -0.1) is 0 Å². The largest absolute Gasteiger partial charge is 0.350 e. The molecule has 0 bridgehead atoms. The Hall–Kier alpha value is -0.820. The van der Waals surface area contributed by atoms with Crippen LogP contribution in [0.3, 0.4) is 0 Å². The van der Waals surface area contributed by atoms with Crippen LogP contribution in [0.4, 0.5) is 4.79 Å². The molecule has 0 saturated carbocycles. The fraction of sp³-hybridized carbons (Fsp3) is 0. The molecule has 2 amide bonds. The van der Waals surface area contributed by atoms with Crippen molar-refractivity contribution in [3.05, 3.63) is 32.4 Å². The fourth-order valence-electron chi connectivity index (χ4n) is 0.820. The molecule has 0 radical (unpaired) electrons. The molecule has 3 N–H and O–H groups in total. The van der Waals surface area contributed by atoms with Gasteiger partial charge in [-0.25, -0.2) is 10.2 Å². The maximum Gasteiger partial charge on any atom is 0.332 e. The topological polar surface area (TPSA) is 67.5 Å². The second-order valence-electron chi connectivity index (χ2n) is 2.44. The van der Waals surface area contributed by atoms with Gasteiger partial charge in [0, 0.05) is 8.59 Å². The molecule has 1 aromatic carbocycles. The molecule has 0 spiro atoms. The minimum Gasteiger partial charge on any atom is -0.350 e. The number of nitrogens with one attached hydrogen (secondary N) is 1. The predicted octanol–water partition coefficient (Wildman–Crippen LogP) is 1.95. The van der Waals surface area contributed by atoms with Gasteiger partial charge in [-0.1, -0.05) is 11.6 Å². The number of nitrogens with zero attached hydrogens (tertiary/aromatic N) is 1. The van der Waals surface area contributed by atoms with Crippen LogP contribution in [0.5, 0.6) is 0 Å². The molecule has 4 nitrogen and oxygen atoms in total. The number of rotatable bonds is 2. The van der Waals surface area contributed by atoms with E-state index in [-0.39, 0.29) is 0 Å². The Morgan fingerprint density at radius 3 is 2.86 bits per heavy atom. The van der Waals surface area contributed by atoms with Crippen LogP contribution in [0.15, 0.2) is 23.3 Å². The molecule has 0 aliphatic rings. The Labute approximate surface area is 99.6 Å². The zero-order valence-corrected chi connectivity index (χ0v) is 9.91. The van der Waals surface area contributed by atoms with Crippen molar-refractivity contribution in [2.24, 2.45) is 10.8 Å². The van der Waals surface area contributed by atoms with Crippen LogP contribution in [-0.4, -0.2) is 12.2 Å². The number of amides is 2. The molecular formula is C8H7ClIN3O. The molecule has 1 rings (SSSR count). The van der Waals surface area contributed by atoms with Crippen molar-refractivity contribution in [3.8, 4) is 0 Å². The van der Waals surface area contributed by atoms with E-state index in [4.69, 9.17) is 17.3 Å². The van der Waals surface area contributed by atoms with Gasteiger partial charge >= 0.3 is 6.03 Å². The van der Waals surface area contributed by atoms with E-state index < -0.39 is 6.03 Å². The highest BCUT2D eigenvalue weighted by atomic mass is 127. The zero-order valence-electron chi connectivity index (χ0n) is 7.00. The van der Waals surface area contributed by atoms with Gasteiger partial charge < -0.3 is 5.73 Å². The van der Waals surface area contributed by atoms with Gasteiger partial charge in [0.15, 0.2) is 0 Å². The highest BCUT2D eigenvalue weighted by Crippen LogP contribution is 2.15. The van der Waals surface area contributed by atoms with Gasteiger partial charge in [-0.3, -0.25) is 0 Å². The lowest BCUT2D eigenvalue weighted by Crippen LogP contribution is -2.24. The van der Waals surface area contributed by atoms with E-state index in [0.29, 0.717) is 5.02 Å². The minimum absolute atomic E-state index is 0.623. The van der Waals surface area contributed by atoms with E-state index in [2.05, 4.69) is 33.1 Å². The third kappa shape index (κ3) is 3.93. The maximum absolute atomic E-state index is 10.3. The summed E-state index contributed by atoms with van der Waals surface area (Å²) in [4.78, 5) is 10.3. The number of carbonyl (C=O) groups is 1. The van der Waals surface area contributed by atoms with E-state index in [1.54, 1.807) is 6.07 Å². The second kappa shape index (κ2) is 5.16. The first-order chi connectivity index (χ1) is 6.58. The number of carbonyl (C=O) groups excluding carboxylic acids is 1. The van der Waals surface area contributed by atoms with E-state index in [1.165, 1.54) is 6.21 Å². The number of nitrogens with two attached hydrogens (primary N) is 1. The van der Waals surface area contributed by atoms with Gasteiger partial charge in [0.1, 0.15) is 0 Å². The second-order valence-corrected chi connectivity index (χ2v) is 4.12. The molecule has 0 heterocycles. The average molecular weight is 324 g/mol. The molecule has 0 aliphatic carbocycles. The van der Waals surface area contributed by atoms with Gasteiger partial charge in [0.25, 0.3) is 0 Å². The summed E-state index contributed by atoms with van der Waals surface area (Å²) in [6.07, 6.45) is 1.47. The van der Waals surface area contributed by atoms with Crippen LogP contribution in [-0.2, 0) is 0 Å². The van der Waals surface area contributed by atoms with Crippen molar-refractivity contribution >= 4 is 46.4 Å². The average Bonchev–Trinajstić information content (AvgIpc) is 2.01. The summed E-state index contributed by atoms with van der Waals surface area (Å²) < 4.78 is 0.996. The Balaban J connectivity index is 2.76. The van der Waals surface area contributed by atoms with Crippen LogP contribution in [0.25, 0.3) is 0 Å². The van der Waals surface area contributed by atoms with Gasteiger partial charge in [-0.2, -0.15) is 5.10 Å². The molecular weight excluding hydrogens is 316 g/mol. The Morgan fingerprint density at radius 1 is 1.57 bits per heavy atom. The molecule has 6 heteroatoms. The number of urea groups is 1. The summed E-state index contributed by atoms with van der Waals surface area (Å²) in [6.45, 7) is 0. The van der Waals surface area contributed by atoms with Crippen LogP contribution in [0.2, 0.25) is 5.02 Å². The SMILES string of the molecule is NC(=O)NN=Cc1cc(Cl)cc(I)c1. The Bertz CT molecular complexity index is 361. The van der Waals surface area contributed by atoms with E-state index in [9.17, 15) is 4.79 Å². The van der Waals surface area contributed by atoms with Crippen molar-refractivity contribution < 1.29 is 4.79 Å². The number of hydrogen-bond acceptors (Lipinski definition) is 2. The summed E-state index contributed by atoms with van der Waals surface area (Å²) >= 11 is 7.95. The van der Waals surface area contributed by atoms with Gasteiger partial charge in [-0.05, 0) is 46.4 Å². The van der Waals surface area contributed by atoms with Crippen LogP contribution < -0.4 is 11.2 Å². The zero-order chi connectivity index (χ0) is 10.6. The van der Waals surface area contributed by atoms with Crippen molar-refractivity contribution in [2.75, 3.05) is 0 Å². The molecule has 0 atom stereocenters. The van der Waals surface area contributed by atoms with Crippen molar-refractivity contribution in [2.45, 2.75) is 0 Å². The molecule has 0 aliphatic heterocycles. The summed E-state index contributed by atoms with van der Waals surface area (Å²) in [5.41, 5.74) is 7.72. The molecule has 0 fully saturated rings. The lowest BCUT2D eigenvalue weighted by molar-refractivity contribution is 0.249. The first-order valence-electron chi connectivity index (χ1n) is 3.62. The van der Waals surface area contributed by atoms with Crippen LogP contribution >= 0.6 is 34.2 Å². The number of benzene rings is 1. The normalized spacial score (nSPS) is 10.4. The Kier molecular flexibility index (Phi) is 4.15. The molecule has 14 heavy (non-hydrogen) atoms. The van der Waals surface area contributed by atoms with E-state index in [1.807, 2.05) is 12.1 Å². The highest BCUT2D eigenvalue weighted by Gasteiger charge is 1.94. The van der Waals surface area contributed by atoms with Gasteiger partial charge in [0.2, 0.25) is 0 Å². The molecule has 74 valence electrons. The van der Waals surface area contributed by atoms with Crippen LogP contribution in [0.1, 0.15) is 5.56 Å². The lowest BCUT2D eigenvalue weighted by atomic mass is 10.2. The van der Waals surface area contributed by atoms with Crippen molar-refractivity contribution in [1.29, 1.82) is 0 Å². The fourth-order valence-corrected chi connectivity index (χ4v) is 1.94. The summed E-state index contributed by atoms with van der Waals surface area (Å²) in [7, 11) is 0. The summed E-state index contributed by atoms with van der Waals surface area (Å²) in [5, 5.41) is 4.23. The summed E-state index contributed by atoms with van der Waals surface area (Å²) in [5.74, 6) is 0. The monoisotopic (exact) mass is 323 g/mol. The van der Waals surface area contributed by atoms with E-state index >= 15 is 0 Å². The molecule has 0 saturated heterocycles. The third-order valence-corrected chi connectivity index (χ3v) is 2.11. The number of hydrazone groups is 1. The standard InChI is InChI=1S/C8H7ClIN3O/c9-6-1-5(2-7(10)3-6)4-12-13-8(11)14/h1-4H,(H3,11,13,14). The van der Waals surface area contributed by atoms with Crippen molar-refractivity contribution in [3.63, 3.8) is 0 Å². The third-order valence-electron chi connectivity index (χ3n) is 1.27. The molecule has 0 unspecified atom stereocenters. The quantitative estimate of drug-likeness (QED) is 0.487. The molecule has 0 aromatic heterocycles. The number of halogens is 2. The van der Waals surface area contributed by atoms with Crippen LogP contribution in [0, 0.1) is 3.57 Å². The first-order valence-corrected chi connectivity index (χ1v) is 5.08. The molecule has 1 aromatic rings. The smallest absolute Gasteiger partial charge is 0.332 e.